The number of hydrogen-bond acceptors (Lipinski definition) is 1. The predicted octanol–water partition coefficient (Wildman–Crippen LogP) is 1.08. The van der Waals surface area contributed by atoms with Crippen LogP contribution in [0.15, 0.2) is 30.6 Å². The molecule has 0 unspecified atom stereocenters. The SMILES string of the molecule is [Zn+2].[Zn+2].c1ccncc1. The van der Waals surface area contributed by atoms with Gasteiger partial charge in [0.2, 0.25) is 0 Å². The zero-order valence-electron chi connectivity index (χ0n) is 4.75. The molecule has 0 aliphatic rings. The molecule has 30 valence electrons. The number of nitrogens with zero attached hydrogens (tertiary/aromatic N) is 1. The molecule has 1 nitrogen and oxygen atoms in total. The third kappa shape index (κ3) is 4.55. The third-order valence-electron chi connectivity index (χ3n) is 0.566. The van der Waals surface area contributed by atoms with E-state index in [-0.39, 0.29) is 39.0 Å². The molecule has 0 saturated carbocycles. The molecule has 0 spiro atoms. The maximum absolute atomic E-state index is 3.78. The minimum Gasteiger partial charge on any atom is -0.265 e. The van der Waals surface area contributed by atoms with Crippen molar-refractivity contribution in [2.24, 2.45) is 0 Å². The maximum Gasteiger partial charge on any atom is 2.00 e. The maximum atomic E-state index is 3.78. The van der Waals surface area contributed by atoms with Crippen LogP contribution in [0.2, 0.25) is 0 Å². The Bertz CT molecular complexity index is 82.4. The first-order valence-corrected chi connectivity index (χ1v) is 1.85. The monoisotopic (exact) mass is 207 g/mol. The number of hydrogen-bond donors (Lipinski definition) is 0. The summed E-state index contributed by atoms with van der Waals surface area (Å²) in [5.74, 6) is 0. The van der Waals surface area contributed by atoms with Crippen molar-refractivity contribution in [1.82, 2.24) is 4.98 Å². The third-order valence-corrected chi connectivity index (χ3v) is 0.566. The van der Waals surface area contributed by atoms with Crippen LogP contribution in [-0.4, -0.2) is 4.98 Å². The van der Waals surface area contributed by atoms with E-state index in [2.05, 4.69) is 4.98 Å². The Morgan fingerprint density at radius 2 is 1.25 bits per heavy atom. The van der Waals surface area contributed by atoms with Crippen molar-refractivity contribution in [3.63, 3.8) is 0 Å². The first-order chi connectivity index (χ1) is 3.00. The second-order valence-electron chi connectivity index (χ2n) is 1.02. The summed E-state index contributed by atoms with van der Waals surface area (Å²) in [5.41, 5.74) is 0. The van der Waals surface area contributed by atoms with E-state index >= 15 is 0 Å². The summed E-state index contributed by atoms with van der Waals surface area (Å²) >= 11 is 0. The Labute approximate surface area is 74.4 Å². The van der Waals surface area contributed by atoms with Crippen molar-refractivity contribution in [2.75, 3.05) is 0 Å². The smallest absolute Gasteiger partial charge is 0.265 e. The minimum absolute atomic E-state index is 0. The normalized spacial score (nSPS) is 6.00. The first kappa shape index (κ1) is 11.2. The van der Waals surface area contributed by atoms with Gasteiger partial charge >= 0.3 is 39.0 Å². The molecule has 0 bridgehead atoms. The van der Waals surface area contributed by atoms with Gasteiger partial charge in [-0.3, -0.25) is 4.98 Å². The minimum atomic E-state index is 0. The Morgan fingerprint density at radius 1 is 0.750 bits per heavy atom. The van der Waals surface area contributed by atoms with Crippen LogP contribution in [0.1, 0.15) is 0 Å². The Kier molecular flexibility index (Phi) is 10.4. The molecule has 3 heteroatoms. The van der Waals surface area contributed by atoms with Gasteiger partial charge in [-0.2, -0.15) is 0 Å². The van der Waals surface area contributed by atoms with Crippen molar-refractivity contribution >= 4 is 0 Å². The number of pyridine rings is 1. The summed E-state index contributed by atoms with van der Waals surface area (Å²) in [7, 11) is 0. The molecule has 0 aliphatic heterocycles. The van der Waals surface area contributed by atoms with Gasteiger partial charge in [0, 0.05) is 12.4 Å². The van der Waals surface area contributed by atoms with Gasteiger partial charge in [-0.05, 0) is 12.1 Å². The number of rotatable bonds is 0. The number of aromatic nitrogens is 1. The van der Waals surface area contributed by atoms with E-state index in [9.17, 15) is 0 Å². The molecule has 1 aromatic heterocycles. The van der Waals surface area contributed by atoms with Crippen molar-refractivity contribution in [3.8, 4) is 0 Å². The summed E-state index contributed by atoms with van der Waals surface area (Å²) in [6, 6.07) is 5.72. The molecule has 1 heterocycles. The largest absolute Gasteiger partial charge is 2.00 e. The first-order valence-electron chi connectivity index (χ1n) is 1.85. The van der Waals surface area contributed by atoms with Crippen LogP contribution in [0.3, 0.4) is 0 Å². The molecule has 1 aromatic rings. The van der Waals surface area contributed by atoms with Crippen LogP contribution in [0.4, 0.5) is 0 Å². The molecule has 1 rings (SSSR count). The summed E-state index contributed by atoms with van der Waals surface area (Å²) in [6.45, 7) is 0. The van der Waals surface area contributed by atoms with E-state index in [0.717, 1.165) is 0 Å². The molecule has 8 heavy (non-hydrogen) atoms. The van der Waals surface area contributed by atoms with Gasteiger partial charge < -0.3 is 0 Å². The van der Waals surface area contributed by atoms with Gasteiger partial charge in [0.15, 0.2) is 0 Å². The molecule has 0 amide bonds. The fourth-order valence-corrected chi connectivity index (χ4v) is 0.313. The van der Waals surface area contributed by atoms with Crippen LogP contribution in [0.5, 0.6) is 0 Å². The summed E-state index contributed by atoms with van der Waals surface area (Å²) in [4.78, 5) is 3.78. The molecule has 0 aromatic carbocycles. The topological polar surface area (TPSA) is 12.9 Å². The zero-order chi connectivity index (χ0) is 4.24. The van der Waals surface area contributed by atoms with Crippen LogP contribution in [0, 0.1) is 0 Å². The van der Waals surface area contributed by atoms with E-state index in [1.807, 2.05) is 18.2 Å². The second kappa shape index (κ2) is 7.40. The van der Waals surface area contributed by atoms with Gasteiger partial charge in [0.25, 0.3) is 0 Å². The Balaban J connectivity index is 0. The van der Waals surface area contributed by atoms with Crippen LogP contribution < -0.4 is 0 Å². The molecule has 0 N–H and O–H groups in total. The molecule has 0 radical (unpaired) electrons. The standard InChI is InChI=1S/C5H5N.2Zn/c1-2-4-6-5-3-1;;/h1-5H;;/q;2*+2. The van der Waals surface area contributed by atoms with E-state index < -0.39 is 0 Å². The second-order valence-corrected chi connectivity index (χ2v) is 1.02. The van der Waals surface area contributed by atoms with Gasteiger partial charge in [-0.1, -0.05) is 6.07 Å². The zero-order valence-corrected chi connectivity index (χ0v) is 10.7. The van der Waals surface area contributed by atoms with Crippen molar-refractivity contribution in [3.05, 3.63) is 30.6 Å². The van der Waals surface area contributed by atoms with E-state index in [1.165, 1.54) is 0 Å². The average molecular weight is 210 g/mol. The molecule has 0 atom stereocenters. The van der Waals surface area contributed by atoms with E-state index in [0.29, 0.717) is 0 Å². The average Bonchev–Trinajstić information content (AvgIpc) is 1.72. The van der Waals surface area contributed by atoms with Gasteiger partial charge in [0.05, 0.1) is 0 Å². The van der Waals surface area contributed by atoms with E-state index in [4.69, 9.17) is 0 Å². The van der Waals surface area contributed by atoms with Crippen molar-refractivity contribution in [2.45, 2.75) is 0 Å². The summed E-state index contributed by atoms with van der Waals surface area (Å²) < 4.78 is 0. The van der Waals surface area contributed by atoms with Gasteiger partial charge in [-0.15, -0.1) is 0 Å². The van der Waals surface area contributed by atoms with E-state index in [1.54, 1.807) is 12.4 Å². The van der Waals surface area contributed by atoms with Crippen LogP contribution in [0.25, 0.3) is 0 Å². The van der Waals surface area contributed by atoms with Crippen LogP contribution >= 0.6 is 0 Å². The Morgan fingerprint density at radius 3 is 1.38 bits per heavy atom. The molecular formula is C5H5NZn2+4. The van der Waals surface area contributed by atoms with Crippen molar-refractivity contribution in [1.29, 1.82) is 0 Å². The predicted molar refractivity (Wildman–Crippen MR) is 24.2 cm³/mol. The fraction of sp³-hybridized carbons (Fsp3) is 0. The quantitative estimate of drug-likeness (QED) is 0.583. The summed E-state index contributed by atoms with van der Waals surface area (Å²) in [6.07, 6.45) is 3.50. The Hall–Kier alpha value is 0.397. The molecule has 0 fully saturated rings. The fourth-order valence-electron chi connectivity index (χ4n) is 0.313. The molecule has 0 saturated heterocycles. The molecule has 0 aliphatic carbocycles. The van der Waals surface area contributed by atoms with Gasteiger partial charge in [0.1, 0.15) is 0 Å². The molecular weight excluding hydrogens is 205 g/mol. The summed E-state index contributed by atoms with van der Waals surface area (Å²) in [5, 5.41) is 0. The van der Waals surface area contributed by atoms with Crippen molar-refractivity contribution < 1.29 is 39.0 Å². The van der Waals surface area contributed by atoms with Gasteiger partial charge in [-0.25, -0.2) is 0 Å². The van der Waals surface area contributed by atoms with Crippen LogP contribution in [-0.2, 0) is 39.0 Å².